The van der Waals surface area contributed by atoms with Gasteiger partial charge < -0.3 is 20.8 Å². The minimum atomic E-state index is -1.20. The van der Waals surface area contributed by atoms with Crippen LogP contribution in [0.1, 0.15) is 34.0 Å². The van der Waals surface area contributed by atoms with Crippen molar-refractivity contribution >= 4 is 23.3 Å². The lowest BCUT2D eigenvalue weighted by atomic mass is 10.1. The Morgan fingerprint density at radius 3 is 2.03 bits per heavy atom. The Labute approximate surface area is 226 Å². The first-order valence-electron chi connectivity index (χ1n) is 12.2. The predicted octanol–water partition coefficient (Wildman–Crippen LogP) is 2.34. The molecule has 0 fully saturated rings. The van der Waals surface area contributed by atoms with Gasteiger partial charge in [0.15, 0.2) is 5.78 Å². The normalized spacial score (nSPS) is 12.2. The highest BCUT2D eigenvalue weighted by Crippen LogP contribution is 2.11. The molecule has 3 aromatic rings. The average molecular weight is 532 g/mol. The largest absolute Gasteiger partial charge is 0.391 e. The summed E-state index contributed by atoms with van der Waals surface area (Å²) >= 11 is 0. The molecular weight excluding hydrogens is 501 g/mol. The van der Waals surface area contributed by atoms with Crippen molar-refractivity contribution in [3.8, 4) is 11.8 Å². The second-order valence-electron chi connectivity index (χ2n) is 9.07. The first-order chi connectivity index (χ1) is 18.6. The lowest BCUT2D eigenvalue weighted by Gasteiger charge is -2.19. The van der Waals surface area contributed by atoms with Crippen molar-refractivity contribution in [1.29, 1.82) is 0 Å². The molecule has 0 bridgehead atoms. The highest BCUT2D eigenvalue weighted by Gasteiger charge is 2.25. The SMILES string of the molecule is C[C@@H](O)[C@H](NC(=O)c1ccc(C#Cc2ccc(NC(=O)CN(C)Cc3ccc(F)cc3)cc2)cc1)C(=O)CO. The summed E-state index contributed by atoms with van der Waals surface area (Å²) in [5.74, 6) is 4.31. The lowest BCUT2D eigenvalue weighted by Crippen LogP contribution is -2.48. The highest BCUT2D eigenvalue weighted by atomic mass is 19.1. The Balaban J connectivity index is 1.52. The summed E-state index contributed by atoms with van der Waals surface area (Å²) in [6.45, 7) is 1.26. The van der Waals surface area contributed by atoms with Gasteiger partial charge in [0.05, 0.1) is 12.6 Å². The molecule has 0 saturated heterocycles. The molecule has 0 aliphatic rings. The Bertz CT molecular complexity index is 1340. The molecule has 0 radical (unpaired) electrons. The number of aliphatic hydroxyl groups is 2. The average Bonchev–Trinajstić information content (AvgIpc) is 2.92. The van der Waals surface area contributed by atoms with Crippen LogP contribution in [0.4, 0.5) is 10.1 Å². The molecule has 3 rings (SSSR count). The van der Waals surface area contributed by atoms with Gasteiger partial charge in [0.2, 0.25) is 5.91 Å². The van der Waals surface area contributed by atoms with Gasteiger partial charge in [-0.3, -0.25) is 19.3 Å². The monoisotopic (exact) mass is 531 g/mol. The van der Waals surface area contributed by atoms with Gasteiger partial charge in [-0.05, 0) is 80.2 Å². The molecule has 0 unspecified atom stereocenters. The maximum absolute atomic E-state index is 13.0. The van der Waals surface area contributed by atoms with Gasteiger partial charge in [-0.25, -0.2) is 4.39 Å². The van der Waals surface area contributed by atoms with Crippen LogP contribution >= 0.6 is 0 Å². The molecule has 0 heterocycles. The van der Waals surface area contributed by atoms with Gasteiger partial charge in [-0.1, -0.05) is 24.0 Å². The van der Waals surface area contributed by atoms with Crippen LogP contribution in [0.3, 0.4) is 0 Å². The van der Waals surface area contributed by atoms with Crippen molar-refractivity contribution in [3.05, 3.63) is 101 Å². The zero-order chi connectivity index (χ0) is 28.4. The molecule has 0 aliphatic carbocycles. The number of ketones is 1. The molecule has 2 atom stereocenters. The molecule has 9 heteroatoms. The van der Waals surface area contributed by atoms with E-state index in [0.717, 1.165) is 11.1 Å². The fourth-order valence-electron chi connectivity index (χ4n) is 3.68. The zero-order valence-corrected chi connectivity index (χ0v) is 21.6. The van der Waals surface area contributed by atoms with E-state index in [4.69, 9.17) is 5.11 Å². The minimum absolute atomic E-state index is 0.171. The first kappa shape index (κ1) is 29.2. The van der Waals surface area contributed by atoms with Crippen LogP contribution in [0.15, 0.2) is 72.8 Å². The third-order valence-corrected chi connectivity index (χ3v) is 5.72. The standard InChI is InChI=1S/C30H30FN3O5/c1-20(36)29(27(37)19-35)33-30(39)24-11-5-21(6-12-24)3-4-22-9-15-26(16-10-22)32-28(38)18-34(2)17-23-7-13-25(31)14-8-23/h5-16,20,29,35-36H,17-19H2,1-2H3,(H,32,38)(H,33,39)/t20-,29+/m1/s1. The summed E-state index contributed by atoms with van der Waals surface area (Å²) in [5, 5.41) is 24.0. The summed E-state index contributed by atoms with van der Waals surface area (Å²) in [7, 11) is 1.81. The molecule has 39 heavy (non-hydrogen) atoms. The smallest absolute Gasteiger partial charge is 0.251 e. The number of hydrogen-bond acceptors (Lipinski definition) is 6. The van der Waals surface area contributed by atoms with Crippen molar-refractivity contribution in [2.45, 2.75) is 25.6 Å². The number of anilines is 1. The number of Topliss-reactive ketones (excluding diaryl/α,β-unsaturated/α-hetero) is 1. The summed E-state index contributed by atoms with van der Waals surface area (Å²) in [5.41, 5.74) is 3.20. The fourth-order valence-corrected chi connectivity index (χ4v) is 3.68. The fraction of sp³-hybridized carbons (Fsp3) is 0.233. The molecule has 0 spiro atoms. The Hall–Kier alpha value is -4.36. The third kappa shape index (κ3) is 9.16. The number of carbonyl (C=O) groups is 3. The topological polar surface area (TPSA) is 119 Å². The molecule has 0 aromatic heterocycles. The zero-order valence-electron chi connectivity index (χ0n) is 21.6. The number of halogens is 1. The maximum atomic E-state index is 13.0. The Kier molecular flexibility index (Phi) is 10.5. The summed E-state index contributed by atoms with van der Waals surface area (Å²) in [6.07, 6.45) is -1.15. The molecule has 0 saturated carbocycles. The number of amides is 2. The van der Waals surface area contributed by atoms with Crippen LogP contribution in [-0.2, 0) is 16.1 Å². The van der Waals surface area contributed by atoms with E-state index < -0.39 is 30.4 Å². The van der Waals surface area contributed by atoms with Crippen molar-refractivity contribution in [1.82, 2.24) is 10.2 Å². The Morgan fingerprint density at radius 2 is 1.49 bits per heavy atom. The summed E-state index contributed by atoms with van der Waals surface area (Å²) in [4.78, 5) is 38.3. The van der Waals surface area contributed by atoms with E-state index in [9.17, 15) is 23.9 Å². The lowest BCUT2D eigenvalue weighted by molar-refractivity contribution is -0.126. The van der Waals surface area contributed by atoms with Crippen LogP contribution in [0, 0.1) is 17.7 Å². The molecule has 202 valence electrons. The second kappa shape index (κ2) is 14.0. The second-order valence-corrected chi connectivity index (χ2v) is 9.07. The van der Waals surface area contributed by atoms with Crippen LogP contribution in [0.5, 0.6) is 0 Å². The van der Waals surface area contributed by atoms with E-state index >= 15 is 0 Å². The van der Waals surface area contributed by atoms with Crippen molar-refractivity contribution in [2.24, 2.45) is 0 Å². The molecule has 4 N–H and O–H groups in total. The number of nitrogens with zero attached hydrogens (tertiary/aromatic N) is 1. The predicted molar refractivity (Wildman–Crippen MR) is 145 cm³/mol. The quantitative estimate of drug-likeness (QED) is 0.298. The van der Waals surface area contributed by atoms with Gasteiger partial charge >= 0.3 is 0 Å². The van der Waals surface area contributed by atoms with E-state index in [2.05, 4.69) is 22.5 Å². The van der Waals surface area contributed by atoms with Crippen LogP contribution in [-0.4, -0.2) is 65.1 Å². The highest BCUT2D eigenvalue weighted by molar-refractivity contribution is 5.98. The van der Waals surface area contributed by atoms with E-state index in [1.807, 2.05) is 11.9 Å². The van der Waals surface area contributed by atoms with Crippen LogP contribution in [0.25, 0.3) is 0 Å². The molecule has 0 aliphatic heterocycles. The number of carbonyl (C=O) groups excluding carboxylic acids is 3. The maximum Gasteiger partial charge on any atom is 0.251 e. The molecular formula is C30H30FN3O5. The van der Waals surface area contributed by atoms with Gasteiger partial charge in [-0.2, -0.15) is 0 Å². The number of hydrogen-bond donors (Lipinski definition) is 4. The minimum Gasteiger partial charge on any atom is -0.391 e. The van der Waals surface area contributed by atoms with E-state index in [1.54, 1.807) is 60.7 Å². The number of nitrogens with one attached hydrogen (secondary N) is 2. The van der Waals surface area contributed by atoms with Crippen LogP contribution in [0.2, 0.25) is 0 Å². The summed E-state index contributed by atoms with van der Waals surface area (Å²) < 4.78 is 13.0. The Morgan fingerprint density at radius 1 is 0.923 bits per heavy atom. The number of aliphatic hydroxyl groups excluding tert-OH is 2. The third-order valence-electron chi connectivity index (χ3n) is 5.72. The summed E-state index contributed by atoms with van der Waals surface area (Å²) in [6, 6.07) is 18.4. The molecule has 3 aromatic carbocycles. The van der Waals surface area contributed by atoms with Crippen molar-refractivity contribution in [2.75, 3.05) is 25.5 Å². The first-order valence-corrected chi connectivity index (χ1v) is 12.2. The van der Waals surface area contributed by atoms with Crippen molar-refractivity contribution < 1.29 is 29.0 Å². The van der Waals surface area contributed by atoms with Crippen molar-refractivity contribution in [3.63, 3.8) is 0 Å². The molecule has 8 nitrogen and oxygen atoms in total. The van der Waals surface area contributed by atoms with Gasteiger partial charge in [0, 0.05) is 28.9 Å². The van der Waals surface area contributed by atoms with Gasteiger partial charge in [0.25, 0.3) is 5.91 Å². The van der Waals surface area contributed by atoms with E-state index in [-0.39, 0.29) is 23.8 Å². The van der Waals surface area contributed by atoms with Crippen LogP contribution < -0.4 is 10.6 Å². The molecule has 2 amide bonds. The van der Waals surface area contributed by atoms with E-state index in [1.165, 1.54) is 19.1 Å². The van der Waals surface area contributed by atoms with Gasteiger partial charge in [-0.15, -0.1) is 0 Å². The number of rotatable bonds is 10. The van der Waals surface area contributed by atoms with E-state index in [0.29, 0.717) is 17.8 Å². The number of likely N-dealkylation sites (N-methyl/N-ethyl adjacent to an activating group) is 1. The van der Waals surface area contributed by atoms with Gasteiger partial charge in [0.1, 0.15) is 18.5 Å². The number of benzene rings is 3.